The van der Waals surface area contributed by atoms with E-state index in [-0.39, 0.29) is 19.1 Å². The van der Waals surface area contributed by atoms with Crippen LogP contribution in [-0.2, 0) is 18.4 Å². The maximum atomic E-state index is 13.0. The van der Waals surface area contributed by atoms with Crippen LogP contribution in [0, 0.1) is 0 Å². The first kappa shape index (κ1) is 72.6. The summed E-state index contributed by atoms with van der Waals surface area (Å²) in [5, 5.41) is 13.9. The van der Waals surface area contributed by atoms with Crippen molar-refractivity contribution in [3.05, 3.63) is 134 Å². The summed E-state index contributed by atoms with van der Waals surface area (Å²) >= 11 is 0. The van der Waals surface area contributed by atoms with Crippen molar-refractivity contribution in [3.63, 3.8) is 0 Å². The molecular weight excluding hydrogens is 960 g/mol. The van der Waals surface area contributed by atoms with Gasteiger partial charge in [0.25, 0.3) is 0 Å². The third kappa shape index (κ3) is 58.3. The van der Waals surface area contributed by atoms with Crippen LogP contribution < -0.4 is 5.32 Å². The van der Waals surface area contributed by atoms with Crippen molar-refractivity contribution in [3.8, 4) is 0 Å². The molecule has 8 nitrogen and oxygen atoms in total. The minimum atomic E-state index is -4.38. The minimum absolute atomic E-state index is 0.0429. The van der Waals surface area contributed by atoms with Gasteiger partial charge in [0, 0.05) is 6.42 Å². The molecule has 0 aromatic heterocycles. The standard InChI is InChI=1S/C67H115N2O6P/c1-6-8-10-12-14-16-18-20-22-24-26-28-30-31-32-33-34-35-36-37-39-41-43-45-47-49-51-53-55-57-59-61-67(71)68-65(64-75-76(72,73)74-63-62-69(3,4)5)66(70)60-58-56-54-52-50-48-46-44-42-40-38-29-27-25-23-21-19-17-15-13-11-9-7-2/h8,10,14,16,20,22,26,28,31-32,34-35,37,39,42-45,50,52,58,60,65-66,70H,6-7,9,11-13,15,17-19,21,23-25,27,29-30,33,36,38,40-41,46-49,51,53-57,59,61-64H2,1-5H3,(H-,68,71,72,73)/p+1/b10-8-,16-14-,22-20-,28-26-,32-31-,35-34-,39-37-,44-42+,45-43-,52-50+,60-58+. The Balaban J connectivity index is 4.33. The quantitative estimate of drug-likeness (QED) is 0.0243. The average molecular weight is 1080 g/mol. The van der Waals surface area contributed by atoms with E-state index in [2.05, 4.69) is 141 Å². The number of aliphatic hydroxyl groups is 1. The summed E-state index contributed by atoms with van der Waals surface area (Å²) in [7, 11) is 1.52. The second-order valence-electron chi connectivity index (χ2n) is 21.3. The van der Waals surface area contributed by atoms with Gasteiger partial charge in [-0.1, -0.05) is 250 Å². The Hall–Kier alpha value is -3.36. The van der Waals surface area contributed by atoms with Gasteiger partial charge < -0.3 is 19.8 Å². The number of allylic oxidation sites excluding steroid dienone is 21. The highest BCUT2D eigenvalue weighted by Crippen LogP contribution is 2.43. The van der Waals surface area contributed by atoms with E-state index in [9.17, 15) is 19.4 Å². The number of carbonyl (C=O) groups is 1. The molecule has 0 aliphatic rings. The van der Waals surface area contributed by atoms with E-state index >= 15 is 0 Å². The monoisotopic (exact) mass is 1080 g/mol. The van der Waals surface area contributed by atoms with Crippen LogP contribution in [0.25, 0.3) is 0 Å². The summed E-state index contributed by atoms with van der Waals surface area (Å²) in [6.45, 7) is 4.65. The fourth-order valence-corrected chi connectivity index (χ4v) is 8.82. The maximum Gasteiger partial charge on any atom is 0.472 e. The van der Waals surface area contributed by atoms with Crippen molar-refractivity contribution in [1.29, 1.82) is 0 Å². The van der Waals surface area contributed by atoms with E-state index in [0.29, 0.717) is 17.4 Å². The summed E-state index contributed by atoms with van der Waals surface area (Å²) < 4.78 is 23.7. The van der Waals surface area contributed by atoms with E-state index in [1.165, 1.54) is 89.9 Å². The molecule has 0 saturated heterocycles. The second-order valence-corrected chi connectivity index (χ2v) is 22.8. The Labute approximate surface area is 468 Å². The smallest absolute Gasteiger partial charge is 0.387 e. The lowest BCUT2D eigenvalue weighted by Gasteiger charge is -2.25. The normalized spacial score (nSPS) is 14.8. The van der Waals surface area contributed by atoms with Crippen molar-refractivity contribution in [2.75, 3.05) is 40.9 Å². The third-order valence-electron chi connectivity index (χ3n) is 12.8. The number of quaternary nitrogens is 1. The van der Waals surface area contributed by atoms with Gasteiger partial charge >= 0.3 is 7.82 Å². The van der Waals surface area contributed by atoms with Crippen LogP contribution in [0.2, 0.25) is 0 Å². The van der Waals surface area contributed by atoms with Crippen LogP contribution in [0.3, 0.4) is 0 Å². The van der Waals surface area contributed by atoms with Crippen molar-refractivity contribution in [2.24, 2.45) is 0 Å². The maximum absolute atomic E-state index is 13.0. The Kier molecular flexibility index (Phi) is 53.9. The molecule has 3 N–H and O–H groups in total. The molecule has 9 heteroatoms. The van der Waals surface area contributed by atoms with Crippen LogP contribution in [0.1, 0.15) is 232 Å². The molecule has 0 radical (unpaired) electrons. The van der Waals surface area contributed by atoms with Gasteiger partial charge in [0.1, 0.15) is 13.2 Å². The highest BCUT2D eigenvalue weighted by atomic mass is 31.2. The van der Waals surface area contributed by atoms with Crippen molar-refractivity contribution >= 4 is 13.7 Å². The highest BCUT2D eigenvalue weighted by molar-refractivity contribution is 7.47. The molecule has 1 amide bonds. The molecule has 0 aliphatic carbocycles. The van der Waals surface area contributed by atoms with Gasteiger partial charge in [0.15, 0.2) is 0 Å². The van der Waals surface area contributed by atoms with Gasteiger partial charge in [-0.3, -0.25) is 13.8 Å². The lowest BCUT2D eigenvalue weighted by Crippen LogP contribution is -2.45. The number of carbonyl (C=O) groups excluding carboxylic acids is 1. The SMILES string of the molecule is CC/C=C\C/C=C\C/C=C\C/C=C\C/C=C\C/C=C\C/C=C\C/C=C\CCCCCCCCC(=O)NC(COP(=O)(O)OCC[N+](C)(C)C)C(O)/C=C/CC/C=C/CC/C=C/CCCCCCCCCCCCCCC. The molecule has 0 spiro atoms. The summed E-state index contributed by atoms with van der Waals surface area (Å²) in [5.41, 5.74) is 0. The number of rotatable bonds is 54. The van der Waals surface area contributed by atoms with Gasteiger partial charge in [0.05, 0.1) is 39.9 Å². The predicted octanol–water partition coefficient (Wildman–Crippen LogP) is 19.1. The number of hydrogen-bond donors (Lipinski definition) is 3. The number of nitrogens with zero attached hydrogens (tertiary/aromatic N) is 1. The summed E-state index contributed by atoms with van der Waals surface area (Å²) in [4.78, 5) is 23.3. The van der Waals surface area contributed by atoms with E-state index < -0.39 is 20.0 Å². The van der Waals surface area contributed by atoms with E-state index in [1.807, 2.05) is 27.2 Å². The third-order valence-corrected chi connectivity index (χ3v) is 13.8. The van der Waals surface area contributed by atoms with Crippen LogP contribution in [0.15, 0.2) is 134 Å². The lowest BCUT2D eigenvalue weighted by molar-refractivity contribution is -0.870. The zero-order valence-corrected chi connectivity index (χ0v) is 50.3. The fourth-order valence-electron chi connectivity index (χ4n) is 8.09. The van der Waals surface area contributed by atoms with Gasteiger partial charge in [-0.05, 0) is 109 Å². The van der Waals surface area contributed by atoms with E-state index in [1.54, 1.807) is 6.08 Å². The van der Waals surface area contributed by atoms with Crippen LogP contribution in [0.4, 0.5) is 0 Å². The Morgan fingerprint density at radius 1 is 0.461 bits per heavy atom. The zero-order valence-electron chi connectivity index (χ0n) is 49.4. The zero-order chi connectivity index (χ0) is 55.6. The first-order valence-electron chi connectivity index (χ1n) is 30.6. The minimum Gasteiger partial charge on any atom is -0.387 e. The molecular formula is C67H116N2O6P+. The summed E-state index contributed by atoms with van der Waals surface area (Å²) in [5.74, 6) is -0.211. The van der Waals surface area contributed by atoms with Gasteiger partial charge in [-0.15, -0.1) is 0 Å². The molecule has 0 bridgehead atoms. The molecule has 3 atom stereocenters. The van der Waals surface area contributed by atoms with Gasteiger partial charge in [-0.25, -0.2) is 4.57 Å². The number of likely N-dealkylation sites (N-methyl/N-ethyl adjacent to an activating group) is 1. The van der Waals surface area contributed by atoms with E-state index in [0.717, 1.165) is 122 Å². The molecule has 434 valence electrons. The lowest BCUT2D eigenvalue weighted by atomic mass is 10.0. The molecule has 0 saturated carbocycles. The average Bonchev–Trinajstić information content (AvgIpc) is 3.38. The molecule has 3 unspecified atom stereocenters. The summed E-state index contributed by atoms with van der Waals surface area (Å²) in [6, 6.07) is -0.889. The Morgan fingerprint density at radius 2 is 0.803 bits per heavy atom. The van der Waals surface area contributed by atoms with Gasteiger partial charge in [-0.2, -0.15) is 0 Å². The largest absolute Gasteiger partial charge is 0.472 e. The molecule has 0 fully saturated rings. The number of unbranched alkanes of at least 4 members (excludes halogenated alkanes) is 21. The van der Waals surface area contributed by atoms with Crippen LogP contribution in [0.5, 0.6) is 0 Å². The Bertz CT molecular complexity index is 1700. The second kappa shape index (κ2) is 56.4. The van der Waals surface area contributed by atoms with Crippen molar-refractivity contribution in [2.45, 2.75) is 244 Å². The number of nitrogens with one attached hydrogen (secondary N) is 1. The predicted molar refractivity (Wildman–Crippen MR) is 331 cm³/mol. The van der Waals surface area contributed by atoms with Crippen molar-refractivity contribution in [1.82, 2.24) is 5.32 Å². The number of amides is 1. The topological polar surface area (TPSA) is 105 Å². The van der Waals surface area contributed by atoms with Crippen LogP contribution in [-0.4, -0.2) is 73.4 Å². The molecule has 0 aromatic rings. The van der Waals surface area contributed by atoms with Gasteiger partial charge in [0.2, 0.25) is 5.91 Å². The first-order valence-corrected chi connectivity index (χ1v) is 32.1. The fraction of sp³-hybridized carbons (Fsp3) is 0.657. The number of aliphatic hydroxyl groups excluding tert-OH is 1. The number of phosphoric ester groups is 1. The number of hydrogen-bond acceptors (Lipinski definition) is 5. The molecule has 76 heavy (non-hydrogen) atoms. The highest BCUT2D eigenvalue weighted by Gasteiger charge is 2.27. The molecule has 0 heterocycles. The summed E-state index contributed by atoms with van der Waals surface area (Å²) in [6.07, 6.45) is 85.6. The molecule has 0 rings (SSSR count). The van der Waals surface area contributed by atoms with E-state index in [4.69, 9.17) is 9.05 Å². The van der Waals surface area contributed by atoms with Crippen LogP contribution >= 0.6 is 7.82 Å². The molecule has 0 aliphatic heterocycles. The number of phosphoric acid groups is 1. The first-order chi connectivity index (χ1) is 37.0. The Morgan fingerprint density at radius 3 is 1.21 bits per heavy atom. The van der Waals surface area contributed by atoms with Crippen molar-refractivity contribution < 1.29 is 32.9 Å². The molecule has 0 aromatic carbocycles.